The van der Waals surface area contributed by atoms with Crippen molar-refractivity contribution < 1.29 is 9.47 Å². The van der Waals surface area contributed by atoms with Crippen LogP contribution in [0.15, 0.2) is 17.1 Å². The smallest absolute Gasteiger partial charge is 0.351 e. The third-order valence-corrected chi connectivity index (χ3v) is 4.67. The maximum absolute atomic E-state index is 12.3. The van der Waals surface area contributed by atoms with Crippen LogP contribution in [0.5, 0.6) is 0 Å². The first-order valence-corrected chi connectivity index (χ1v) is 8.82. The number of anilines is 1. The average Bonchev–Trinajstić information content (AvgIpc) is 2.94. The Labute approximate surface area is 135 Å². The van der Waals surface area contributed by atoms with Crippen molar-refractivity contribution in [1.82, 2.24) is 9.55 Å². The number of aromatic nitrogens is 2. The highest BCUT2D eigenvalue weighted by Crippen LogP contribution is 2.31. The Bertz CT molecular complexity index is 535. The van der Waals surface area contributed by atoms with Gasteiger partial charge in [-0.3, -0.25) is 4.57 Å². The van der Waals surface area contributed by atoms with Gasteiger partial charge in [0, 0.05) is 31.1 Å². The van der Waals surface area contributed by atoms with E-state index in [1.807, 2.05) is 13.0 Å². The van der Waals surface area contributed by atoms with Crippen molar-refractivity contribution in [2.24, 2.45) is 0 Å². The van der Waals surface area contributed by atoms with Gasteiger partial charge in [0.25, 0.3) is 0 Å². The molecule has 124 valence electrons. The summed E-state index contributed by atoms with van der Waals surface area (Å²) in [6.45, 7) is 10.2. The van der Waals surface area contributed by atoms with Crippen LogP contribution in [0.1, 0.15) is 33.9 Å². The zero-order valence-corrected chi connectivity index (χ0v) is 14.5. The Morgan fingerprint density at radius 3 is 2.91 bits per heavy atom. The molecule has 2 heterocycles. The van der Waals surface area contributed by atoms with Crippen molar-refractivity contribution in [2.45, 2.75) is 45.4 Å². The van der Waals surface area contributed by atoms with Crippen molar-refractivity contribution in [2.75, 3.05) is 30.4 Å². The van der Waals surface area contributed by atoms with Gasteiger partial charge in [0.05, 0.1) is 6.61 Å². The van der Waals surface area contributed by atoms with Crippen molar-refractivity contribution in [1.29, 1.82) is 0 Å². The largest absolute Gasteiger partial charge is 0.378 e. The van der Waals surface area contributed by atoms with Gasteiger partial charge < -0.3 is 14.4 Å². The zero-order valence-electron chi connectivity index (χ0n) is 13.7. The first kappa shape index (κ1) is 17.3. The quantitative estimate of drug-likeness (QED) is 0.764. The van der Waals surface area contributed by atoms with Crippen LogP contribution < -0.4 is 10.6 Å². The van der Waals surface area contributed by atoms with E-state index in [9.17, 15) is 4.79 Å². The second-order valence-corrected chi connectivity index (χ2v) is 6.56. The van der Waals surface area contributed by atoms with E-state index >= 15 is 0 Å². The highest BCUT2D eigenvalue weighted by molar-refractivity contribution is 8.00. The number of hydrogen-bond acceptors (Lipinski definition) is 6. The van der Waals surface area contributed by atoms with Gasteiger partial charge >= 0.3 is 5.69 Å². The number of thioether (sulfide) groups is 1. The summed E-state index contributed by atoms with van der Waals surface area (Å²) in [5, 5.41) is 0. The molecular formula is C15H25N3O3S. The fourth-order valence-corrected chi connectivity index (χ4v) is 3.48. The van der Waals surface area contributed by atoms with Gasteiger partial charge in [0.2, 0.25) is 0 Å². The summed E-state index contributed by atoms with van der Waals surface area (Å²) in [5.41, 5.74) is -0.279. The summed E-state index contributed by atoms with van der Waals surface area (Å²) >= 11 is 1.67. The summed E-state index contributed by atoms with van der Waals surface area (Å²) in [7, 11) is 0. The van der Waals surface area contributed by atoms with Gasteiger partial charge in [0.1, 0.15) is 17.5 Å². The van der Waals surface area contributed by atoms with Crippen molar-refractivity contribution in [3.8, 4) is 0 Å². The molecule has 7 heteroatoms. The van der Waals surface area contributed by atoms with Gasteiger partial charge in [-0.25, -0.2) is 4.79 Å². The summed E-state index contributed by atoms with van der Waals surface area (Å²) < 4.78 is 12.8. The van der Waals surface area contributed by atoms with Crippen LogP contribution in [0.3, 0.4) is 0 Å². The fourth-order valence-electron chi connectivity index (χ4n) is 2.47. The van der Waals surface area contributed by atoms with Crippen LogP contribution >= 0.6 is 11.8 Å². The summed E-state index contributed by atoms with van der Waals surface area (Å²) in [6, 6.07) is 2.19. The molecule has 22 heavy (non-hydrogen) atoms. The summed E-state index contributed by atoms with van der Waals surface area (Å²) in [5.74, 6) is 1.45. The molecule has 0 radical (unpaired) electrons. The molecule has 0 aliphatic carbocycles. The zero-order chi connectivity index (χ0) is 16.1. The minimum Gasteiger partial charge on any atom is -0.378 e. The molecule has 0 saturated carbocycles. The van der Waals surface area contributed by atoms with E-state index in [4.69, 9.17) is 9.47 Å². The molecule has 0 N–H and O–H groups in total. The second kappa shape index (κ2) is 7.99. The van der Waals surface area contributed by atoms with Gasteiger partial charge in [-0.2, -0.15) is 4.98 Å². The van der Waals surface area contributed by atoms with Gasteiger partial charge in [0.15, 0.2) is 0 Å². The van der Waals surface area contributed by atoms with Crippen molar-refractivity contribution in [3.05, 3.63) is 22.7 Å². The molecule has 0 amide bonds. The topological polar surface area (TPSA) is 56.6 Å². The van der Waals surface area contributed by atoms with Crippen LogP contribution in [-0.4, -0.2) is 46.5 Å². The molecule has 0 bridgehead atoms. The molecule has 0 unspecified atom stereocenters. The van der Waals surface area contributed by atoms with Crippen LogP contribution in [0.25, 0.3) is 0 Å². The standard InChI is InChI=1S/C15H25N3O3S/c1-5-17(11(3)4)12-7-8-18(15(19)16-12)13-10-22-14(21-13)9-20-6-2/h7-8,11,13-14H,5-6,9-10H2,1-4H3/t13-,14+/m0/s1. The lowest BCUT2D eigenvalue weighted by molar-refractivity contribution is -0.0226. The lowest BCUT2D eigenvalue weighted by Crippen LogP contribution is -2.35. The Balaban J connectivity index is 2.09. The van der Waals surface area contributed by atoms with E-state index < -0.39 is 0 Å². The van der Waals surface area contributed by atoms with E-state index in [1.54, 1.807) is 22.5 Å². The second-order valence-electron chi connectivity index (χ2n) is 5.37. The minimum absolute atomic E-state index is 0.0145. The molecule has 1 aromatic rings. The molecule has 1 fully saturated rings. The highest BCUT2D eigenvalue weighted by Gasteiger charge is 2.28. The maximum Gasteiger partial charge on any atom is 0.351 e. The molecule has 2 rings (SSSR count). The van der Waals surface area contributed by atoms with Crippen LogP contribution in [0.2, 0.25) is 0 Å². The molecule has 2 atom stereocenters. The van der Waals surface area contributed by atoms with E-state index in [0.29, 0.717) is 19.3 Å². The van der Waals surface area contributed by atoms with E-state index in [0.717, 1.165) is 18.1 Å². The Morgan fingerprint density at radius 2 is 2.32 bits per heavy atom. The molecule has 1 aromatic heterocycles. The van der Waals surface area contributed by atoms with E-state index in [2.05, 4.69) is 30.7 Å². The minimum atomic E-state index is -0.265. The third kappa shape index (κ3) is 4.02. The van der Waals surface area contributed by atoms with Crippen LogP contribution in [0, 0.1) is 0 Å². The Kier molecular flexibility index (Phi) is 6.28. The number of hydrogen-bond donors (Lipinski definition) is 0. The number of rotatable bonds is 7. The van der Waals surface area contributed by atoms with Gasteiger partial charge in [-0.15, -0.1) is 11.8 Å². The predicted molar refractivity (Wildman–Crippen MR) is 89.5 cm³/mol. The molecule has 0 aromatic carbocycles. The molecule has 0 spiro atoms. The lowest BCUT2D eigenvalue weighted by Gasteiger charge is -2.26. The lowest BCUT2D eigenvalue weighted by atomic mass is 10.3. The maximum atomic E-state index is 12.3. The molecule has 1 aliphatic heterocycles. The molecule has 1 aliphatic rings. The SMILES string of the molecule is CCOC[C@@H]1O[C@H](n2ccc(N(CC)C(C)C)nc2=O)CS1. The monoisotopic (exact) mass is 327 g/mol. The number of nitrogens with zero attached hydrogens (tertiary/aromatic N) is 3. The van der Waals surface area contributed by atoms with E-state index in [-0.39, 0.29) is 17.4 Å². The normalized spacial score (nSPS) is 21.5. The predicted octanol–water partition coefficient (Wildman–Crippen LogP) is 2.10. The highest BCUT2D eigenvalue weighted by atomic mass is 32.2. The Hall–Kier alpha value is -1.05. The Morgan fingerprint density at radius 1 is 1.55 bits per heavy atom. The van der Waals surface area contributed by atoms with Crippen molar-refractivity contribution >= 4 is 17.6 Å². The first-order chi connectivity index (χ1) is 10.6. The molecular weight excluding hydrogens is 302 g/mol. The fraction of sp³-hybridized carbons (Fsp3) is 0.733. The first-order valence-electron chi connectivity index (χ1n) is 7.77. The van der Waals surface area contributed by atoms with Gasteiger partial charge in [-0.05, 0) is 33.8 Å². The molecule has 1 saturated heterocycles. The molecule has 6 nitrogen and oxygen atoms in total. The summed E-state index contributed by atoms with van der Waals surface area (Å²) in [4.78, 5) is 18.6. The van der Waals surface area contributed by atoms with E-state index in [1.165, 1.54) is 0 Å². The van der Waals surface area contributed by atoms with Crippen molar-refractivity contribution in [3.63, 3.8) is 0 Å². The third-order valence-electron chi connectivity index (χ3n) is 3.58. The average molecular weight is 327 g/mol. The number of ether oxygens (including phenoxy) is 2. The van der Waals surface area contributed by atoms with Crippen LogP contribution in [-0.2, 0) is 9.47 Å². The van der Waals surface area contributed by atoms with Gasteiger partial charge in [-0.1, -0.05) is 0 Å². The summed E-state index contributed by atoms with van der Waals surface area (Å²) in [6.07, 6.45) is 1.52. The van der Waals surface area contributed by atoms with Crippen LogP contribution in [0.4, 0.5) is 5.82 Å².